The van der Waals surface area contributed by atoms with Gasteiger partial charge in [0.15, 0.2) is 13.9 Å². The second-order valence-corrected chi connectivity index (χ2v) is 11.5. The molecule has 0 heterocycles. The lowest BCUT2D eigenvalue weighted by molar-refractivity contribution is -0.165. The van der Waals surface area contributed by atoms with Crippen molar-refractivity contribution in [3.8, 4) is 0 Å². The van der Waals surface area contributed by atoms with Gasteiger partial charge in [-0.3, -0.25) is 0 Å². The van der Waals surface area contributed by atoms with Crippen LogP contribution in [-0.2, 0) is 26.2 Å². The van der Waals surface area contributed by atoms with Gasteiger partial charge in [-0.15, -0.1) is 0 Å². The molecule has 0 aliphatic rings. The first-order valence-electron chi connectivity index (χ1n) is 9.72. The molecule has 2 rings (SSSR count). The Hall–Kier alpha value is -1.95. The van der Waals surface area contributed by atoms with Crippen LogP contribution in [0, 0.1) is 0 Å². The SMILES string of the molecule is CC[Si](CC)(CC)O[C@@](CN)(C(=O)OCc1ccccc1)c1ccccc1. The van der Waals surface area contributed by atoms with Crippen molar-refractivity contribution in [1.82, 2.24) is 0 Å². The van der Waals surface area contributed by atoms with Crippen molar-refractivity contribution in [2.24, 2.45) is 5.73 Å². The molecule has 0 aliphatic carbocycles. The third-order valence-corrected chi connectivity index (χ3v) is 10.0. The maximum absolute atomic E-state index is 13.3. The minimum atomic E-state index is -2.11. The number of esters is 1. The molecular weight excluding hydrogens is 354 g/mol. The average Bonchev–Trinajstić information content (AvgIpc) is 2.75. The van der Waals surface area contributed by atoms with Gasteiger partial charge in [0.05, 0.1) is 0 Å². The van der Waals surface area contributed by atoms with Crippen LogP contribution in [0.1, 0.15) is 31.9 Å². The van der Waals surface area contributed by atoms with Crippen molar-refractivity contribution in [3.63, 3.8) is 0 Å². The molecule has 2 N–H and O–H groups in total. The van der Waals surface area contributed by atoms with E-state index in [0.29, 0.717) is 0 Å². The summed E-state index contributed by atoms with van der Waals surface area (Å²) in [6, 6.07) is 22.0. The molecule has 5 heteroatoms. The molecule has 0 amide bonds. The molecule has 4 nitrogen and oxygen atoms in total. The van der Waals surface area contributed by atoms with E-state index in [-0.39, 0.29) is 13.2 Å². The third-order valence-electron chi connectivity index (χ3n) is 5.39. The van der Waals surface area contributed by atoms with Crippen LogP contribution in [0.15, 0.2) is 60.7 Å². The minimum Gasteiger partial charge on any atom is -0.458 e. The van der Waals surface area contributed by atoms with E-state index < -0.39 is 19.9 Å². The van der Waals surface area contributed by atoms with Gasteiger partial charge in [0, 0.05) is 6.54 Å². The van der Waals surface area contributed by atoms with Crippen LogP contribution in [-0.4, -0.2) is 20.8 Å². The minimum absolute atomic E-state index is 0.0549. The highest BCUT2D eigenvalue weighted by Gasteiger charge is 2.48. The van der Waals surface area contributed by atoms with Crippen molar-refractivity contribution in [2.45, 2.75) is 51.1 Å². The first-order valence-corrected chi connectivity index (χ1v) is 12.3. The van der Waals surface area contributed by atoms with Crippen molar-refractivity contribution in [2.75, 3.05) is 6.54 Å². The van der Waals surface area contributed by atoms with Crippen molar-refractivity contribution in [1.29, 1.82) is 0 Å². The van der Waals surface area contributed by atoms with E-state index >= 15 is 0 Å². The maximum Gasteiger partial charge on any atom is 0.343 e. The number of nitrogens with two attached hydrogens (primary N) is 1. The van der Waals surface area contributed by atoms with Gasteiger partial charge in [0.2, 0.25) is 0 Å². The molecule has 0 fully saturated rings. The summed E-state index contributed by atoms with van der Waals surface area (Å²) >= 11 is 0. The molecule has 146 valence electrons. The molecule has 0 saturated carbocycles. The lowest BCUT2D eigenvalue weighted by Gasteiger charge is -2.40. The summed E-state index contributed by atoms with van der Waals surface area (Å²) in [5.74, 6) is -0.410. The number of benzene rings is 2. The molecule has 2 aromatic rings. The number of hydrogen-bond acceptors (Lipinski definition) is 4. The highest BCUT2D eigenvalue weighted by Crippen LogP contribution is 2.35. The summed E-state index contributed by atoms with van der Waals surface area (Å²) in [6.07, 6.45) is 0. The number of rotatable bonds is 10. The van der Waals surface area contributed by atoms with E-state index in [1.807, 2.05) is 60.7 Å². The molecule has 0 bridgehead atoms. The highest BCUT2D eigenvalue weighted by atomic mass is 28.4. The summed E-state index contributed by atoms with van der Waals surface area (Å²) in [6.45, 7) is 6.68. The summed E-state index contributed by atoms with van der Waals surface area (Å²) < 4.78 is 12.4. The van der Waals surface area contributed by atoms with E-state index in [9.17, 15) is 4.79 Å². The summed E-state index contributed by atoms with van der Waals surface area (Å²) in [5, 5.41) is 0. The Bertz CT molecular complexity index is 696. The topological polar surface area (TPSA) is 61.5 Å². The summed E-state index contributed by atoms with van der Waals surface area (Å²) in [5.41, 5.74) is 6.62. The van der Waals surface area contributed by atoms with Crippen LogP contribution in [0.5, 0.6) is 0 Å². The molecule has 1 atom stereocenters. The van der Waals surface area contributed by atoms with Crippen molar-refractivity contribution in [3.05, 3.63) is 71.8 Å². The van der Waals surface area contributed by atoms with Crippen LogP contribution in [0.4, 0.5) is 0 Å². The molecule has 0 radical (unpaired) electrons. The van der Waals surface area contributed by atoms with Crippen molar-refractivity contribution < 1.29 is 14.0 Å². The summed E-state index contributed by atoms with van der Waals surface area (Å²) in [7, 11) is -2.11. The van der Waals surface area contributed by atoms with E-state index in [2.05, 4.69) is 20.8 Å². The molecule has 0 unspecified atom stereocenters. The van der Waals surface area contributed by atoms with Crippen LogP contribution < -0.4 is 5.73 Å². The predicted molar refractivity (Wildman–Crippen MR) is 112 cm³/mol. The van der Waals surface area contributed by atoms with Gasteiger partial charge in [0.1, 0.15) is 6.61 Å². The van der Waals surface area contributed by atoms with Crippen LogP contribution >= 0.6 is 0 Å². The van der Waals surface area contributed by atoms with Crippen LogP contribution in [0.2, 0.25) is 18.1 Å². The largest absolute Gasteiger partial charge is 0.458 e. The van der Waals surface area contributed by atoms with Gasteiger partial charge in [-0.25, -0.2) is 4.79 Å². The second kappa shape index (κ2) is 9.83. The fourth-order valence-electron chi connectivity index (χ4n) is 3.34. The molecule has 27 heavy (non-hydrogen) atoms. The third kappa shape index (κ3) is 4.86. The molecule has 0 saturated heterocycles. The lowest BCUT2D eigenvalue weighted by Crippen LogP contribution is -2.54. The first kappa shape index (κ1) is 21.3. The number of hydrogen-bond donors (Lipinski definition) is 1. The van der Waals surface area contributed by atoms with Gasteiger partial charge in [-0.1, -0.05) is 81.4 Å². The number of ether oxygens (including phenoxy) is 1. The van der Waals surface area contributed by atoms with Gasteiger partial charge >= 0.3 is 5.97 Å². The van der Waals surface area contributed by atoms with Gasteiger partial charge in [0.25, 0.3) is 0 Å². The summed E-state index contributed by atoms with van der Waals surface area (Å²) in [4.78, 5) is 13.3. The standard InChI is InChI=1S/C22H31NO3Si/c1-4-27(5-2,6-3)26-22(18-23,20-15-11-8-12-16-20)21(24)25-17-19-13-9-7-10-14-19/h7-16H,4-6,17-18,23H2,1-3H3/t22-/m1/s1. The Morgan fingerprint density at radius 3 is 1.93 bits per heavy atom. The van der Waals surface area contributed by atoms with E-state index in [4.69, 9.17) is 14.9 Å². The fraction of sp³-hybridized carbons (Fsp3) is 0.409. The highest BCUT2D eigenvalue weighted by molar-refractivity contribution is 6.73. The fourth-order valence-corrected chi connectivity index (χ4v) is 6.30. The average molecular weight is 386 g/mol. The van der Waals surface area contributed by atoms with Gasteiger partial charge < -0.3 is 14.9 Å². The Morgan fingerprint density at radius 1 is 0.926 bits per heavy atom. The molecule has 2 aromatic carbocycles. The zero-order valence-electron chi connectivity index (χ0n) is 16.6. The molecular formula is C22H31NO3Si. The Kier molecular flexibility index (Phi) is 7.77. The zero-order valence-corrected chi connectivity index (χ0v) is 17.6. The van der Waals surface area contributed by atoms with E-state index in [0.717, 1.165) is 29.3 Å². The van der Waals surface area contributed by atoms with E-state index in [1.54, 1.807) is 0 Å². The number of carbonyl (C=O) groups is 1. The lowest BCUT2D eigenvalue weighted by atomic mass is 9.94. The molecule has 0 aliphatic heterocycles. The molecule has 0 spiro atoms. The first-order chi connectivity index (χ1) is 13.1. The monoisotopic (exact) mass is 385 g/mol. The Morgan fingerprint density at radius 2 is 1.44 bits per heavy atom. The van der Waals surface area contributed by atoms with Gasteiger partial charge in [-0.2, -0.15) is 0 Å². The number of carbonyl (C=O) groups excluding carboxylic acids is 1. The zero-order chi connectivity index (χ0) is 19.8. The normalized spacial score (nSPS) is 13.8. The van der Waals surface area contributed by atoms with E-state index in [1.165, 1.54) is 0 Å². The quantitative estimate of drug-likeness (QED) is 0.479. The van der Waals surface area contributed by atoms with Crippen LogP contribution in [0.3, 0.4) is 0 Å². The Labute approximate surface area is 163 Å². The Balaban J connectivity index is 2.37. The van der Waals surface area contributed by atoms with Crippen molar-refractivity contribution >= 4 is 14.3 Å². The maximum atomic E-state index is 13.3. The van der Waals surface area contributed by atoms with Crippen LogP contribution in [0.25, 0.3) is 0 Å². The smallest absolute Gasteiger partial charge is 0.343 e. The predicted octanol–water partition coefficient (Wildman–Crippen LogP) is 4.61. The van der Waals surface area contributed by atoms with Gasteiger partial charge in [-0.05, 0) is 29.3 Å². The molecule has 0 aromatic heterocycles. The second-order valence-electron chi connectivity index (χ2n) is 6.80.